The smallest absolute Gasteiger partial charge is 0.255 e. The number of pyridine rings is 1. The fraction of sp³-hybridized carbons (Fsp3) is 0.321. The van der Waals surface area contributed by atoms with Crippen LogP contribution in [0.15, 0.2) is 49.1 Å². The summed E-state index contributed by atoms with van der Waals surface area (Å²) in [5, 5.41) is 11.2. The van der Waals surface area contributed by atoms with Crippen LogP contribution in [0.4, 0.5) is 17.1 Å². The van der Waals surface area contributed by atoms with Crippen LogP contribution < -0.4 is 25.0 Å². The lowest BCUT2D eigenvalue weighted by Crippen LogP contribution is -2.34. The molecule has 0 unspecified atom stereocenters. The second kappa shape index (κ2) is 10.5. The first-order chi connectivity index (χ1) is 19.0. The van der Waals surface area contributed by atoms with Gasteiger partial charge in [0.05, 0.1) is 58.9 Å². The molecule has 3 N–H and O–H groups in total. The lowest BCUT2D eigenvalue weighted by molar-refractivity contribution is 0.0947. The minimum Gasteiger partial charge on any atom is -0.493 e. The molecule has 4 aromatic rings. The summed E-state index contributed by atoms with van der Waals surface area (Å²) in [6.07, 6.45) is 10.2. The van der Waals surface area contributed by atoms with Gasteiger partial charge >= 0.3 is 0 Å². The van der Waals surface area contributed by atoms with Gasteiger partial charge in [-0.1, -0.05) is 17.7 Å². The number of nitrogens with zero attached hydrogens (tertiary/aromatic N) is 4. The molecule has 2 aliphatic heterocycles. The molecule has 1 fully saturated rings. The number of nitrogens with one attached hydrogen (secondary N) is 3. The highest BCUT2D eigenvalue weighted by Crippen LogP contribution is 2.43. The first kappa shape index (κ1) is 25.1. The molecule has 1 aromatic carbocycles. The minimum atomic E-state index is -0.142. The van der Waals surface area contributed by atoms with Gasteiger partial charge < -0.3 is 30.0 Å². The SMILES string of the molecule is COc1c(Cl)cccc1Nc1c(-c2ccncc2OC[C@H]2CCCN2c2cnn(C)c2)[nH]c2c1C(=O)NCC2. The van der Waals surface area contributed by atoms with Crippen LogP contribution in [-0.2, 0) is 13.5 Å². The number of aryl methyl sites for hydroxylation is 1. The number of aromatic nitrogens is 4. The highest BCUT2D eigenvalue weighted by Gasteiger charge is 2.30. The Labute approximate surface area is 231 Å². The molecular weight excluding hydrogens is 518 g/mol. The van der Waals surface area contributed by atoms with Crippen molar-refractivity contribution in [1.82, 2.24) is 25.1 Å². The van der Waals surface area contributed by atoms with Crippen molar-refractivity contribution >= 4 is 34.6 Å². The highest BCUT2D eigenvalue weighted by molar-refractivity contribution is 6.32. The average Bonchev–Trinajstić information content (AvgIpc) is 3.67. The molecule has 1 amide bonds. The normalized spacial score (nSPS) is 16.6. The summed E-state index contributed by atoms with van der Waals surface area (Å²) in [6.45, 7) is 2.03. The second-order valence-corrected chi connectivity index (χ2v) is 10.1. The first-order valence-corrected chi connectivity index (χ1v) is 13.4. The van der Waals surface area contributed by atoms with Crippen molar-refractivity contribution in [2.75, 3.05) is 37.0 Å². The number of amides is 1. The molecular formula is C28H30ClN7O3. The number of ether oxygens (including phenoxy) is 2. The average molecular weight is 548 g/mol. The Hall–Kier alpha value is -4.18. The number of methoxy groups -OCH3 is 1. The number of fused-ring (bicyclic) bond motifs is 1. The van der Waals surface area contributed by atoms with Crippen molar-refractivity contribution in [3.8, 4) is 22.8 Å². The van der Waals surface area contributed by atoms with Gasteiger partial charge in [-0.05, 0) is 31.0 Å². The molecule has 10 nitrogen and oxygen atoms in total. The third-order valence-electron chi connectivity index (χ3n) is 7.28. The van der Waals surface area contributed by atoms with Crippen LogP contribution >= 0.6 is 11.6 Å². The molecule has 0 spiro atoms. The topological polar surface area (TPSA) is 109 Å². The summed E-state index contributed by atoms with van der Waals surface area (Å²) >= 11 is 6.39. The van der Waals surface area contributed by atoms with Crippen LogP contribution in [0.3, 0.4) is 0 Å². The van der Waals surface area contributed by atoms with Crippen molar-refractivity contribution < 1.29 is 14.3 Å². The summed E-state index contributed by atoms with van der Waals surface area (Å²) < 4.78 is 13.8. The number of carbonyl (C=O) groups is 1. The van der Waals surface area contributed by atoms with Gasteiger partial charge in [0.15, 0.2) is 5.75 Å². The van der Waals surface area contributed by atoms with E-state index in [9.17, 15) is 4.79 Å². The van der Waals surface area contributed by atoms with Crippen molar-refractivity contribution in [2.24, 2.45) is 7.05 Å². The molecule has 2 aliphatic rings. The van der Waals surface area contributed by atoms with Crippen molar-refractivity contribution in [3.63, 3.8) is 0 Å². The van der Waals surface area contributed by atoms with Crippen LogP contribution in [0.2, 0.25) is 5.02 Å². The van der Waals surface area contributed by atoms with Gasteiger partial charge in [-0.2, -0.15) is 5.10 Å². The number of carbonyl (C=O) groups excluding carboxylic acids is 1. The largest absolute Gasteiger partial charge is 0.493 e. The number of rotatable bonds is 8. The standard InChI is InChI=1S/C28H30ClN7O3/c1-35-15-18(13-32-35)36-12-4-5-17(36)16-39-23-14-30-10-8-19(23)25-26(24-21(33-25)9-11-31-28(24)37)34-22-7-3-6-20(29)27(22)38-2/h3,6-8,10,13-15,17,33-34H,4-5,9,11-12,16H2,1-2H3,(H,31,37)/t17-/m1/s1. The maximum absolute atomic E-state index is 13.0. The molecule has 3 aromatic heterocycles. The van der Waals surface area contributed by atoms with Gasteiger partial charge in [0.1, 0.15) is 12.4 Å². The van der Waals surface area contributed by atoms with E-state index in [1.807, 2.05) is 42.3 Å². The summed E-state index contributed by atoms with van der Waals surface area (Å²) in [4.78, 5) is 23.2. The van der Waals surface area contributed by atoms with Gasteiger partial charge in [0, 0.05) is 50.2 Å². The fourth-order valence-corrected chi connectivity index (χ4v) is 5.70. The Morgan fingerprint density at radius 3 is 2.97 bits per heavy atom. The van der Waals surface area contributed by atoms with E-state index in [-0.39, 0.29) is 11.9 Å². The van der Waals surface area contributed by atoms with E-state index in [0.29, 0.717) is 53.0 Å². The van der Waals surface area contributed by atoms with E-state index in [4.69, 9.17) is 21.1 Å². The van der Waals surface area contributed by atoms with Crippen LogP contribution in [0.25, 0.3) is 11.3 Å². The Bertz CT molecular complexity index is 1510. The zero-order chi connectivity index (χ0) is 26.9. The lowest BCUT2D eigenvalue weighted by atomic mass is 10.0. The Kier molecular flexibility index (Phi) is 6.78. The fourth-order valence-electron chi connectivity index (χ4n) is 5.45. The first-order valence-electron chi connectivity index (χ1n) is 13.0. The summed E-state index contributed by atoms with van der Waals surface area (Å²) in [5.41, 5.74) is 5.37. The predicted molar refractivity (Wildman–Crippen MR) is 150 cm³/mol. The summed E-state index contributed by atoms with van der Waals surface area (Å²) in [7, 11) is 3.49. The lowest BCUT2D eigenvalue weighted by Gasteiger charge is -2.25. The van der Waals surface area contributed by atoms with E-state index in [0.717, 1.165) is 42.0 Å². The van der Waals surface area contributed by atoms with Gasteiger partial charge in [-0.25, -0.2) is 0 Å². The predicted octanol–water partition coefficient (Wildman–Crippen LogP) is 4.55. The molecule has 0 aliphatic carbocycles. The Balaban J connectivity index is 1.35. The molecule has 11 heteroatoms. The molecule has 0 radical (unpaired) electrons. The Morgan fingerprint density at radius 2 is 2.15 bits per heavy atom. The molecule has 1 saturated heterocycles. The number of anilines is 3. The second-order valence-electron chi connectivity index (χ2n) is 9.72. The number of halogens is 1. The molecule has 202 valence electrons. The van der Waals surface area contributed by atoms with E-state index in [2.05, 4.69) is 30.6 Å². The van der Waals surface area contributed by atoms with Gasteiger partial charge in [-0.15, -0.1) is 0 Å². The van der Waals surface area contributed by atoms with Gasteiger partial charge in [0.2, 0.25) is 0 Å². The number of aromatic amines is 1. The van der Waals surface area contributed by atoms with Gasteiger partial charge in [-0.3, -0.25) is 14.5 Å². The molecule has 0 saturated carbocycles. The Morgan fingerprint density at radius 1 is 1.26 bits per heavy atom. The number of hydrogen-bond donors (Lipinski definition) is 3. The zero-order valence-corrected chi connectivity index (χ0v) is 22.6. The maximum Gasteiger partial charge on any atom is 0.255 e. The number of H-pyrrole nitrogens is 1. The highest BCUT2D eigenvalue weighted by atomic mass is 35.5. The quantitative estimate of drug-likeness (QED) is 0.297. The maximum atomic E-state index is 13.0. The van der Waals surface area contributed by atoms with E-state index < -0.39 is 0 Å². The minimum absolute atomic E-state index is 0.142. The molecule has 39 heavy (non-hydrogen) atoms. The van der Waals surface area contributed by atoms with Crippen molar-refractivity contribution in [2.45, 2.75) is 25.3 Å². The molecule has 5 heterocycles. The molecule has 0 bridgehead atoms. The van der Waals surface area contributed by atoms with Crippen molar-refractivity contribution in [3.05, 3.63) is 65.3 Å². The third kappa shape index (κ3) is 4.76. The van der Waals surface area contributed by atoms with E-state index >= 15 is 0 Å². The van der Waals surface area contributed by atoms with Crippen LogP contribution in [0.5, 0.6) is 11.5 Å². The third-order valence-corrected chi connectivity index (χ3v) is 7.58. The zero-order valence-electron chi connectivity index (χ0n) is 21.8. The van der Waals surface area contributed by atoms with Crippen LogP contribution in [0.1, 0.15) is 28.9 Å². The van der Waals surface area contributed by atoms with E-state index in [1.54, 1.807) is 25.6 Å². The monoisotopic (exact) mass is 547 g/mol. The van der Waals surface area contributed by atoms with Crippen LogP contribution in [0, 0.1) is 0 Å². The number of benzene rings is 1. The molecule has 1 atom stereocenters. The number of para-hydroxylation sites is 1. The van der Waals surface area contributed by atoms with Gasteiger partial charge in [0.25, 0.3) is 5.91 Å². The summed E-state index contributed by atoms with van der Waals surface area (Å²) in [6, 6.07) is 7.59. The molecule has 6 rings (SSSR count). The number of hydrogen-bond acceptors (Lipinski definition) is 7. The van der Waals surface area contributed by atoms with Crippen LogP contribution in [-0.4, -0.2) is 58.5 Å². The van der Waals surface area contributed by atoms with E-state index in [1.165, 1.54) is 0 Å². The van der Waals surface area contributed by atoms with Crippen molar-refractivity contribution in [1.29, 1.82) is 0 Å². The summed E-state index contributed by atoms with van der Waals surface area (Å²) in [5.74, 6) is 0.992.